The van der Waals surface area contributed by atoms with Crippen molar-refractivity contribution >= 4 is 11.3 Å². The van der Waals surface area contributed by atoms with Crippen LogP contribution in [0.3, 0.4) is 0 Å². The van der Waals surface area contributed by atoms with Gasteiger partial charge in [-0.3, -0.25) is 4.90 Å². The maximum Gasteiger partial charge on any atom is 0.0672 e. The van der Waals surface area contributed by atoms with E-state index in [9.17, 15) is 5.26 Å². The number of nitriles is 1. The average molecular weight is 302 g/mol. The molecule has 1 aromatic rings. The van der Waals surface area contributed by atoms with Crippen LogP contribution in [0.15, 0.2) is 11.4 Å². The first-order chi connectivity index (χ1) is 10.2. The van der Waals surface area contributed by atoms with Gasteiger partial charge in [0, 0.05) is 23.5 Å². The van der Waals surface area contributed by atoms with Crippen molar-refractivity contribution < 1.29 is 0 Å². The molecule has 4 atom stereocenters. The molecule has 2 nitrogen and oxygen atoms in total. The minimum Gasteiger partial charge on any atom is -0.292 e. The predicted molar refractivity (Wildman–Crippen MR) is 88.3 cm³/mol. The van der Waals surface area contributed by atoms with E-state index < -0.39 is 0 Å². The van der Waals surface area contributed by atoms with Crippen molar-refractivity contribution in [3.63, 3.8) is 0 Å². The molecule has 1 fully saturated rings. The van der Waals surface area contributed by atoms with Gasteiger partial charge in [0.05, 0.1) is 12.0 Å². The Morgan fingerprint density at radius 2 is 2.29 bits per heavy atom. The molecule has 0 radical (unpaired) electrons. The van der Waals surface area contributed by atoms with Crippen molar-refractivity contribution in [1.82, 2.24) is 4.90 Å². The molecule has 3 heteroatoms. The maximum absolute atomic E-state index is 9.58. The summed E-state index contributed by atoms with van der Waals surface area (Å²) < 4.78 is 0. The Bertz CT molecular complexity index is 516. The van der Waals surface area contributed by atoms with Gasteiger partial charge in [-0.25, -0.2) is 0 Å². The van der Waals surface area contributed by atoms with E-state index >= 15 is 0 Å². The number of hydrogen-bond donors (Lipinski definition) is 0. The molecule has 0 amide bonds. The van der Waals surface area contributed by atoms with Crippen molar-refractivity contribution in [2.75, 3.05) is 6.54 Å². The van der Waals surface area contributed by atoms with Gasteiger partial charge in [-0.1, -0.05) is 19.8 Å². The van der Waals surface area contributed by atoms with E-state index in [1.807, 2.05) is 11.3 Å². The fourth-order valence-corrected chi connectivity index (χ4v) is 5.36. The van der Waals surface area contributed by atoms with Crippen LogP contribution >= 0.6 is 11.3 Å². The number of nitrogens with zero attached hydrogens (tertiary/aromatic N) is 2. The van der Waals surface area contributed by atoms with E-state index in [1.165, 1.54) is 37.7 Å². The zero-order valence-electron chi connectivity index (χ0n) is 13.2. The monoisotopic (exact) mass is 302 g/mol. The summed E-state index contributed by atoms with van der Waals surface area (Å²) in [5.41, 5.74) is 1.51. The molecule has 0 aromatic carbocycles. The fraction of sp³-hybridized carbons (Fsp3) is 0.722. The molecule has 4 unspecified atom stereocenters. The Morgan fingerprint density at radius 3 is 3.05 bits per heavy atom. The van der Waals surface area contributed by atoms with Crippen molar-refractivity contribution in [3.8, 4) is 6.07 Å². The first kappa shape index (κ1) is 15.1. The average Bonchev–Trinajstić information content (AvgIpc) is 2.97. The Kier molecular flexibility index (Phi) is 4.66. The molecule has 1 aromatic heterocycles. The third-order valence-electron chi connectivity index (χ3n) is 5.54. The highest BCUT2D eigenvalue weighted by atomic mass is 32.1. The largest absolute Gasteiger partial charge is 0.292 e. The lowest BCUT2D eigenvalue weighted by atomic mass is 9.75. The summed E-state index contributed by atoms with van der Waals surface area (Å²) in [5, 5.41) is 11.8. The van der Waals surface area contributed by atoms with Gasteiger partial charge in [0.15, 0.2) is 0 Å². The van der Waals surface area contributed by atoms with E-state index in [2.05, 4.69) is 36.3 Å². The van der Waals surface area contributed by atoms with Crippen LogP contribution in [-0.4, -0.2) is 17.5 Å². The molecule has 0 bridgehead atoms. The van der Waals surface area contributed by atoms with Gasteiger partial charge in [0.1, 0.15) is 0 Å². The van der Waals surface area contributed by atoms with E-state index in [4.69, 9.17) is 0 Å². The van der Waals surface area contributed by atoms with Crippen LogP contribution in [0.2, 0.25) is 0 Å². The Hall–Kier alpha value is -0.850. The molecule has 1 aliphatic heterocycles. The lowest BCUT2D eigenvalue weighted by Gasteiger charge is -2.45. The fourth-order valence-electron chi connectivity index (χ4n) is 4.40. The van der Waals surface area contributed by atoms with Crippen LogP contribution in [-0.2, 0) is 6.42 Å². The highest BCUT2D eigenvalue weighted by Crippen LogP contribution is 2.41. The van der Waals surface area contributed by atoms with Gasteiger partial charge in [0.2, 0.25) is 0 Å². The number of rotatable bonds is 3. The van der Waals surface area contributed by atoms with Crippen LogP contribution in [0, 0.1) is 23.2 Å². The summed E-state index contributed by atoms with van der Waals surface area (Å²) in [4.78, 5) is 4.21. The van der Waals surface area contributed by atoms with E-state index in [-0.39, 0.29) is 5.92 Å². The van der Waals surface area contributed by atoms with E-state index in [0.29, 0.717) is 12.1 Å². The topological polar surface area (TPSA) is 27.0 Å². The zero-order chi connectivity index (χ0) is 14.8. The van der Waals surface area contributed by atoms with Gasteiger partial charge < -0.3 is 0 Å². The van der Waals surface area contributed by atoms with Crippen LogP contribution in [0.4, 0.5) is 0 Å². The molecule has 0 saturated heterocycles. The lowest BCUT2D eigenvalue weighted by molar-refractivity contribution is 0.0604. The van der Waals surface area contributed by atoms with Crippen molar-refractivity contribution in [2.45, 2.75) is 64.5 Å². The standard InChI is InChI=1S/C18H26N2S/c1-3-4-14-5-6-15(12-19)17(11-14)20-9-7-18-16(13(20)2)8-10-21-18/h8,10,13-15,17H,3-7,9,11H2,1-2H3. The highest BCUT2D eigenvalue weighted by molar-refractivity contribution is 7.10. The lowest BCUT2D eigenvalue weighted by Crippen LogP contribution is -2.47. The molecule has 0 spiro atoms. The smallest absolute Gasteiger partial charge is 0.0672 e. The molecule has 21 heavy (non-hydrogen) atoms. The van der Waals surface area contributed by atoms with E-state index in [0.717, 1.165) is 18.9 Å². The second-order valence-electron chi connectivity index (χ2n) is 6.73. The second-order valence-corrected chi connectivity index (χ2v) is 7.73. The number of thiophene rings is 1. The van der Waals surface area contributed by atoms with Gasteiger partial charge >= 0.3 is 0 Å². The molecule has 2 heterocycles. The summed E-state index contributed by atoms with van der Waals surface area (Å²) >= 11 is 1.90. The summed E-state index contributed by atoms with van der Waals surface area (Å²) in [7, 11) is 0. The molecular formula is C18H26N2S. The third kappa shape index (κ3) is 2.89. The molecule has 1 saturated carbocycles. The predicted octanol–water partition coefficient (Wildman–Crippen LogP) is 4.78. The summed E-state index contributed by atoms with van der Waals surface area (Å²) in [6.07, 6.45) is 7.37. The first-order valence-electron chi connectivity index (χ1n) is 8.46. The van der Waals surface area contributed by atoms with E-state index in [1.54, 1.807) is 4.88 Å². The van der Waals surface area contributed by atoms with Crippen LogP contribution in [0.5, 0.6) is 0 Å². The molecular weight excluding hydrogens is 276 g/mol. The summed E-state index contributed by atoms with van der Waals surface area (Å²) in [5.74, 6) is 1.07. The highest BCUT2D eigenvalue weighted by Gasteiger charge is 2.38. The number of fused-ring (bicyclic) bond motifs is 1. The molecule has 0 N–H and O–H groups in total. The SMILES string of the molecule is CCCC1CCC(C#N)C(N2CCc3sccc3C2C)C1. The normalized spacial score (nSPS) is 33.4. The summed E-state index contributed by atoms with van der Waals surface area (Å²) in [6, 6.07) is 5.87. The second kappa shape index (κ2) is 6.50. The van der Waals surface area contributed by atoms with Crippen LogP contribution in [0.25, 0.3) is 0 Å². The third-order valence-corrected chi connectivity index (χ3v) is 6.53. The van der Waals surface area contributed by atoms with Crippen molar-refractivity contribution in [3.05, 3.63) is 21.9 Å². The minimum absolute atomic E-state index is 0.237. The zero-order valence-corrected chi connectivity index (χ0v) is 14.0. The first-order valence-corrected chi connectivity index (χ1v) is 9.34. The van der Waals surface area contributed by atoms with Gasteiger partial charge in [-0.05, 0) is 55.5 Å². The minimum atomic E-state index is 0.237. The molecule has 1 aliphatic carbocycles. The van der Waals surface area contributed by atoms with Crippen LogP contribution in [0.1, 0.15) is 62.4 Å². The quantitative estimate of drug-likeness (QED) is 0.803. The Morgan fingerprint density at radius 1 is 1.43 bits per heavy atom. The summed E-state index contributed by atoms with van der Waals surface area (Å²) in [6.45, 7) is 5.76. The van der Waals surface area contributed by atoms with Crippen molar-refractivity contribution in [1.29, 1.82) is 5.26 Å². The molecule has 2 aliphatic rings. The molecule has 3 rings (SSSR count). The Labute approximate surface area is 132 Å². The number of hydrogen-bond acceptors (Lipinski definition) is 3. The van der Waals surface area contributed by atoms with Gasteiger partial charge in [-0.15, -0.1) is 11.3 Å². The van der Waals surface area contributed by atoms with Crippen LogP contribution < -0.4 is 0 Å². The molecule has 114 valence electrons. The Balaban J connectivity index is 1.79. The van der Waals surface area contributed by atoms with Gasteiger partial charge in [0.25, 0.3) is 0 Å². The maximum atomic E-state index is 9.58. The van der Waals surface area contributed by atoms with Gasteiger partial charge in [-0.2, -0.15) is 5.26 Å². The van der Waals surface area contributed by atoms with Crippen molar-refractivity contribution in [2.24, 2.45) is 11.8 Å².